The van der Waals surface area contributed by atoms with Gasteiger partial charge in [0.05, 0.1) is 36.1 Å². The van der Waals surface area contributed by atoms with Crippen molar-refractivity contribution in [1.29, 1.82) is 0 Å². The van der Waals surface area contributed by atoms with Gasteiger partial charge in [-0.2, -0.15) is 0 Å². The maximum absolute atomic E-state index is 12.5. The van der Waals surface area contributed by atoms with Gasteiger partial charge >= 0.3 is 5.97 Å². The van der Waals surface area contributed by atoms with E-state index in [0.29, 0.717) is 44.9 Å². The summed E-state index contributed by atoms with van der Waals surface area (Å²) < 4.78 is 28.5. The first-order chi connectivity index (χ1) is 23.5. The molecule has 4 aliphatic carbocycles. The number of aliphatic hydroxyl groups excluding tert-OH is 7. The van der Waals surface area contributed by atoms with E-state index in [1.165, 1.54) is 6.08 Å². The smallest absolute Gasteiger partial charge is 0.331 e. The van der Waals surface area contributed by atoms with Gasteiger partial charge in [-0.1, -0.05) is 13.8 Å². The number of esters is 1. The molecule has 0 aromatic carbocycles. The second-order valence-corrected chi connectivity index (χ2v) is 16.6. The lowest BCUT2D eigenvalue weighted by molar-refractivity contribution is -0.362. The molecule has 3 aliphatic heterocycles. The molecule has 15 nitrogen and oxygen atoms in total. The summed E-state index contributed by atoms with van der Waals surface area (Å²) in [4.78, 5) is 11.9. The van der Waals surface area contributed by atoms with Crippen molar-refractivity contribution in [1.82, 2.24) is 0 Å². The Labute approximate surface area is 290 Å². The first kappa shape index (κ1) is 37.0. The third-order valence-electron chi connectivity index (χ3n) is 14.3. The normalized spacial score (nSPS) is 56.6. The van der Waals surface area contributed by atoms with Gasteiger partial charge in [0, 0.05) is 23.3 Å². The van der Waals surface area contributed by atoms with E-state index in [-0.39, 0.29) is 36.8 Å². The molecular formula is C35H54O15. The number of carbonyl (C=O) groups is 1. The maximum atomic E-state index is 12.5. The fourth-order valence-corrected chi connectivity index (χ4v) is 11.4. The Morgan fingerprint density at radius 1 is 0.820 bits per heavy atom. The van der Waals surface area contributed by atoms with Crippen LogP contribution in [0.1, 0.15) is 72.1 Å². The Kier molecular flexibility index (Phi) is 9.57. The van der Waals surface area contributed by atoms with E-state index in [2.05, 4.69) is 0 Å². The summed E-state index contributed by atoms with van der Waals surface area (Å²) in [6, 6.07) is 0. The van der Waals surface area contributed by atoms with E-state index >= 15 is 0 Å². The summed E-state index contributed by atoms with van der Waals surface area (Å²) in [5, 5.41) is 98.9. The van der Waals surface area contributed by atoms with E-state index in [0.717, 1.165) is 5.57 Å². The van der Waals surface area contributed by atoms with Gasteiger partial charge < -0.3 is 69.6 Å². The summed E-state index contributed by atoms with van der Waals surface area (Å²) in [5.41, 5.74) is -2.89. The molecule has 0 unspecified atom stereocenters. The largest absolute Gasteiger partial charge is 0.458 e. The zero-order chi connectivity index (χ0) is 36.1. The zero-order valence-electron chi connectivity index (χ0n) is 28.8. The van der Waals surface area contributed by atoms with Gasteiger partial charge in [-0.3, -0.25) is 0 Å². The topological polar surface area (TPSA) is 245 Å². The third-order valence-corrected chi connectivity index (χ3v) is 14.3. The fraction of sp³-hybridized carbons (Fsp3) is 0.914. The number of cyclic esters (lactones) is 1. The quantitative estimate of drug-likeness (QED) is 0.111. The molecule has 4 saturated carbocycles. The van der Waals surface area contributed by atoms with Gasteiger partial charge in [-0.15, -0.1) is 0 Å². The lowest BCUT2D eigenvalue weighted by atomic mass is 9.41. The van der Waals surface area contributed by atoms with Crippen LogP contribution in [0.3, 0.4) is 0 Å². The van der Waals surface area contributed by atoms with Gasteiger partial charge in [-0.05, 0) is 75.2 Å². The molecule has 0 aromatic rings. The second-order valence-electron chi connectivity index (χ2n) is 16.6. The lowest BCUT2D eigenvalue weighted by Gasteiger charge is -2.67. The predicted molar refractivity (Wildman–Crippen MR) is 168 cm³/mol. The van der Waals surface area contributed by atoms with E-state index in [1.54, 1.807) is 6.92 Å². The van der Waals surface area contributed by atoms with Crippen LogP contribution in [0.2, 0.25) is 0 Å². The average molecular weight is 715 g/mol. The van der Waals surface area contributed by atoms with Gasteiger partial charge in [0.25, 0.3) is 0 Å². The summed E-state index contributed by atoms with van der Waals surface area (Å²) in [6.07, 6.45) is -10.6. The number of aliphatic hydroxyl groups is 9. The summed E-state index contributed by atoms with van der Waals surface area (Å²) >= 11 is 0. The van der Waals surface area contributed by atoms with Crippen LogP contribution in [0.5, 0.6) is 0 Å². The van der Waals surface area contributed by atoms with Gasteiger partial charge in [0.1, 0.15) is 49.3 Å². The highest BCUT2D eigenvalue weighted by molar-refractivity contribution is 5.85. The SMILES string of the molecule is C[C@@H]1O[C@H](O[C@@H]2CC[C@@]3(C)[C@H]4[C@@H](CC[C@]3(O)C2)[C@@]2(O)CC[C@H](C3=CC(=O)OC3)[C@@]2(C)C[C@@H]4O)[C@@H](O)[C@H](O)[C@H]1O[C@H]1O[C@@H](CO)[C@H](O)[C@@H](O)[C@@H]1O. The number of hydrogen-bond donors (Lipinski definition) is 9. The van der Waals surface area contributed by atoms with Crippen LogP contribution >= 0.6 is 0 Å². The molecule has 0 spiro atoms. The van der Waals surface area contributed by atoms with Crippen LogP contribution in [0.4, 0.5) is 0 Å². The molecule has 0 aromatic heterocycles. The first-order valence-corrected chi connectivity index (χ1v) is 18.1. The van der Waals surface area contributed by atoms with Crippen molar-refractivity contribution >= 4 is 5.97 Å². The van der Waals surface area contributed by atoms with Crippen molar-refractivity contribution in [3.63, 3.8) is 0 Å². The van der Waals surface area contributed by atoms with Crippen LogP contribution in [0, 0.1) is 28.6 Å². The van der Waals surface area contributed by atoms with Crippen LogP contribution in [-0.2, 0) is 28.5 Å². The lowest BCUT2D eigenvalue weighted by Crippen LogP contribution is -2.71. The van der Waals surface area contributed by atoms with Crippen molar-refractivity contribution in [3.05, 3.63) is 11.6 Å². The fourth-order valence-electron chi connectivity index (χ4n) is 11.4. The molecule has 0 radical (unpaired) electrons. The highest BCUT2D eigenvalue weighted by Gasteiger charge is 2.72. The minimum Gasteiger partial charge on any atom is -0.458 e. The van der Waals surface area contributed by atoms with Crippen molar-refractivity contribution in [2.75, 3.05) is 13.2 Å². The van der Waals surface area contributed by atoms with Crippen molar-refractivity contribution in [2.45, 2.75) is 157 Å². The molecule has 2 saturated heterocycles. The molecule has 284 valence electrons. The standard InChI is InChI=1S/C35H54O15/c1-15-29(50-31-27(42)25(40)24(39)21(13-36)49-31)26(41)28(43)30(47-15)48-17-4-7-32(2)23-19(5-8-34(32,44)11-17)35(45)9-6-18(16-10-22(38)46-14-16)33(35,3)12-20(23)37/h10,15,17-21,23-31,36-37,39-45H,4-9,11-14H2,1-3H3/t15-,17+,18+,19+,20-,21-,23-,24-,25+,26-,27-,28-,29-,30+,31+,32-,33+,34-,35-/m0/s1. The summed E-state index contributed by atoms with van der Waals surface area (Å²) in [5.74, 6) is -1.11. The average Bonchev–Trinajstić information content (AvgIpc) is 3.61. The Morgan fingerprint density at radius 3 is 2.20 bits per heavy atom. The highest BCUT2D eigenvalue weighted by atomic mass is 16.7. The van der Waals surface area contributed by atoms with Crippen molar-refractivity contribution < 1.29 is 74.4 Å². The highest BCUT2D eigenvalue weighted by Crippen LogP contribution is 2.70. The number of fused-ring (bicyclic) bond motifs is 5. The Balaban J connectivity index is 1.02. The molecule has 3 heterocycles. The minimum absolute atomic E-state index is 0.0887. The van der Waals surface area contributed by atoms with E-state index in [4.69, 9.17) is 23.7 Å². The molecule has 0 amide bonds. The number of ether oxygens (including phenoxy) is 5. The maximum Gasteiger partial charge on any atom is 0.331 e. The third kappa shape index (κ3) is 5.45. The number of hydrogen-bond acceptors (Lipinski definition) is 15. The van der Waals surface area contributed by atoms with Crippen LogP contribution in [0.25, 0.3) is 0 Å². The number of carbonyl (C=O) groups excluding carboxylic acids is 1. The van der Waals surface area contributed by atoms with E-state index < -0.39 is 102 Å². The molecule has 19 atom stereocenters. The molecule has 9 N–H and O–H groups in total. The molecule has 0 bridgehead atoms. The Morgan fingerprint density at radius 2 is 1.52 bits per heavy atom. The Bertz CT molecular complexity index is 1330. The second kappa shape index (κ2) is 12.9. The zero-order valence-corrected chi connectivity index (χ0v) is 28.8. The predicted octanol–water partition coefficient (Wildman–Crippen LogP) is -1.63. The monoisotopic (exact) mass is 714 g/mol. The van der Waals surface area contributed by atoms with Crippen LogP contribution in [-0.4, -0.2) is 150 Å². The minimum atomic E-state index is -1.71. The summed E-state index contributed by atoms with van der Waals surface area (Å²) in [7, 11) is 0. The molecule has 7 aliphatic rings. The van der Waals surface area contributed by atoms with E-state index in [1.807, 2.05) is 13.8 Å². The van der Waals surface area contributed by atoms with Gasteiger partial charge in [0.2, 0.25) is 0 Å². The molecule has 7 rings (SSSR count). The Hall–Kier alpha value is -1.31. The van der Waals surface area contributed by atoms with Gasteiger partial charge in [0.15, 0.2) is 12.6 Å². The van der Waals surface area contributed by atoms with Crippen LogP contribution in [0.15, 0.2) is 11.6 Å². The van der Waals surface area contributed by atoms with E-state index in [9.17, 15) is 50.8 Å². The first-order valence-electron chi connectivity index (χ1n) is 18.1. The molecule has 15 heteroatoms. The van der Waals surface area contributed by atoms with Gasteiger partial charge in [-0.25, -0.2) is 4.79 Å². The summed E-state index contributed by atoms with van der Waals surface area (Å²) in [6.45, 7) is 5.13. The van der Waals surface area contributed by atoms with Crippen LogP contribution < -0.4 is 0 Å². The molecule has 50 heavy (non-hydrogen) atoms. The number of rotatable bonds is 6. The molecule has 6 fully saturated rings. The molecular weight excluding hydrogens is 660 g/mol. The van der Waals surface area contributed by atoms with Crippen molar-refractivity contribution in [3.8, 4) is 0 Å². The van der Waals surface area contributed by atoms with Crippen molar-refractivity contribution in [2.24, 2.45) is 28.6 Å².